The van der Waals surface area contributed by atoms with Crippen molar-refractivity contribution in [3.05, 3.63) is 72.6 Å². The number of benzene rings is 1. The average Bonchev–Trinajstić information content (AvgIpc) is 2.36. The minimum absolute atomic E-state index is 0.0247. The second-order valence-electron chi connectivity index (χ2n) is 4.20. The highest BCUT2D eigenvalue weighted by Crippen LogP contribution is 2.16. The number of hydrogen-bond acceptors (Lipinski definition) is 3. The van der Waals surface area contributed by atoms with Gasteiger partial charge in [-0.1, -0.05) is 12.1 Å². The number of pyridine rings is 1. The van der Waals surface area contributed by atoms with E-state index in [2.05, 4.69) is 15.9 Å². The van der Waals surface area contributed by atoms with Gasteiger partial charge in [0.05, 0.1) is 11.5 Å². The maximum absolute atomic E-state index is 11.8. The zero-order valence-electron chi connectivity index (χ0n) is 10.2. The van der Waals surface area contributed by atoms with Crippen LogP contribution < -0.4 is 5.56 Å². The van der Waals surface area contributed by atoms with Crippen LogP contribution in [0.4, 0.5) is 5.69 Å². The summed E-state index contributed by atoms with van der Waals surface area (Å²) in [5.74, 6) is 0. The van der Waals surface area contributed by atoms with E-state index in [1.54, 1.807) is 18.3 Å². The van der Waals surface area contributed by atoms with E-state index >= 15 is 0 Å². The average molecular weight is 323 g/mol. The van der Waals surface area contributed by atoms with Gasteiger partial charge in [0.2, 0.25) is 0 Å². The van der Waals surface area contributed by atoms with Gasteiger partial charge in [-0.25, -0.2) is 0 Å². The zero-order valence-corrected chi connectivity index (χ0v) is 11.8. The second kappa shape index (κ2) is 5.36. The summed E-state index contributed by atoms with van der Waals surface area (Å²) in [7, 11) is 0. The lowest BCUT2D eigenvalue weighted by atomic mass is 10.2. The Labute approximate surface area is 117 Å². The molecule has 0 bridgehead atoms. The smallest absolute Gasteiger partial charge is 0.269 e. The number of hydrogen-bond donors (Lipinski definition) is 0. The molecule has 0 saturated heterocycles. The van der Waals surface area contributed by atoms with Crippen molar-refractivity contribution in [3.63, 3.8) is 0 Å². The van der Waals surface area contributed by atoms with Gasteiger partial charge >= 0.3 is 0 Å². The highest BCUT2D eigenvalue weighted by atomic mass is 79.9. The first-order chi connectivity index (χ1) is 8.97. The van der Waals surface area contributed by atoms with Crippen LogP contribution in [0.3, 0.4) is 0 Å². The van der Waals surface area contributed by atoms with Gasteiger partial charge in [0, 0.05) is 28.9 Å². The van der Waals surface area contributed by atoms with Gasteiger partial charge in [-0.15, -0.1) is 0 Å². The first-order valence-electron chi connectivity index (χ1n) is 5.57. The Balaban J connectivity index is 2.36. The summed E-state index contributed by atoms with van der Waals surface area (Å²) in [6.07, 6.45) is 1.69. The number of halogens is 1. The lowest BCUT2D eigenvalue weighted by Crippen LogP contribution is -2.19. The number of rotatable bonds is 3. The molecule has 1 aromatic heterocycles. The normalized spacial score (nSPS) is 10.4. The summed E-state index contributed by atoms with van der Waals surface area (Å²) in [5.41, 5.74) is 1.47. The van der Waals surface area contributed by atoms with Crippen molar-refractivity contribution in [2.75, 3.05) is 0 Å². The summed E-state index contributed by atoms with van der Waals surface area (Å²) in [6.45, 7) is 2.14. The van der Waals surface area contributed by atoms with Crippen molar-refractivity contribution < 1.29 is 4.92 Å². The topological polar surface area (TPSA) is 65.1 Å². The Morgan fingerprint density at radius 2 is 2.11 bits per heavy atom. The Bertz CT molecular complexity index is 695. The highest BCUT2D eigenvalue weighted by molar-refractivity contribution is 9.10. The summed E-state index contributed by atoms with van der Waals surface area (Å²) in [5, 5.41) is 10.7. The van der Waals surface area contributed by atoms with Gasteiger partial charge in [0.1, 0.15) is 0 Å². The van der Waals surface area contributed by atoms with E-state index < -0.39 is 4.92 Å². The number of non-ortho nitro benzene ring substituents is 1. The van der Waals surface area contributed by atoms with Crippen LogP contribution >= 0.6 is 15.9 Å². The fraction of sp³-hybridized carbons (Fsp3) is 0.154. The summed E-state index contributed by atoms with van der Waals surface area (Å²) < 4.78 is 2.34. The van der Waals surface area contributed by atoms with Crippen molar-refractivity contribution in [2.45, 2.75) is 13.5 Å². The van der Waals surface area contributed by atoms with Gasteiger partial charge in [0.15, 0.2) is 0 Å². The zero-order chi connectivity index (χ0) is 14.0. The summed E-state index contributed by atoms with van der Waals surface area (Å²) >= 11 is 3.36. The lowest BCUT2D eigenvalue weighted by Gasteiger charge is -2.07. The van der Waals surface area contributed by atoms with Crippen LogP contribution in [0, 0.1) is 17.0 Å². The molecule has 0 aliphatic rings. The van der Waals surface area contributed by atoms with Gasteiger partial charge in [-0.3, -0.25) is 14.9 Å². The number of nitro benzene ring substituents is 1. The minimum Gasteiger partial charge on any atom is -0.310 e. The van der Waals surface area contributed by atoms with Crippen molar-refractivity contribution in [2.24, 2.45) is 0 Å². The number of nitro groups is 1. The standard InChI is InChI=1S/C13H11BrN2O3/c1-9-5-13(17)15(8-12(9)14)7-10-3-2-4-11(6-10)16(18)19/h2-6,8H,7H2,1H3. The molecule has 6 heteroatoms. The molecule has 0 aliphatic carbocycles. The molecule has 2 rings (SSSR count). The third kappa shape index (κ3) is 3.08. The van der Waals surface area contributed by atoms with E-state index in [-0.39, 0.29) is 11.2 Å². The van der Waals surface area contributed by atoms with E-state index in [1.807, 2.05) is 6.92 Å². The van der Waals surface area contributed by atoms with E-state index in [0.717, 1.165) is 10.0 Å². The van der Waals surface area contributed by atoms with E-state index in [9.17, 15) is 14.9 Å². The molecule has 2 aromatic rings. The fourth-order valence-electron chi connectivity index (χ4n) is 1.73. The van der Waals surface area contributed by atoms with E-state index in [1.165, 1.54) is 22.8 Å². The van der Waals surface area contributed by atoms with Gasteiger partial charge in [0.25, 0.3) is 11.2 Å². The molecule has 0 fully saturated rings. The third-order valence-electron chi connectivity index (χ3n) is 2.74. The Morgan fingerprint density at radius 3 is 2.79 bits per heavy atom. The third-order valence-corrected chi connectivity index (χ3v) is 3.57. The van der Waals surface area contributed by atoms with Crippen molar-refractivity contribution in [1.29, 1.82) is 0 Å². The first kappa shape index (κ1) is 13.5. The van der Waals surface area contributed by atoms with Crippen molar-refractivity contribution in [3.8, 4) is 0 Å². The maximum atomic E-state index is 11.8. The molecule has 98 valence electrons. The van der Waals surface area contributed by atoms with Crippen molar-refractivity contribution >= 4 is 21.6 Å². The maximum Gasteiger partial charge on any atom is 0.269 e. The van der Waals surface area contributed by atoms with Crippen LogP contribution in [0.2, 0.25) is 0 Å². The van der Waals surface area contributed by atoms with Crippen LogP contribution in [0.1, 0.15) is 11.1 Å². The van der Waals surface area contributed by atoms with Crippen LogP contribution in [0.5, 0.6) is 0 Å². The SMILES string of the molecule is Cc1cc(=O)n(Cc2cccc([N+](=O)[O-])c2)cc1Br. The molecule has 5 nitrogen and oxygen atoms in total. The molecule has 0 aliphatic heterocycles. The number of aromatic nitrogens is 1. The van der Waals surface area contributed by atoms with Crippen LogP contribution in [-0.2, 0) is 6.54 Å². The predicted molar refractivity (Wildman–Crippen MR) is 75.3 cm³/mol. The van der Waals surface area contributed by atoms with E-state index in [4.69, 9.17) is 0 Å². The molecule has 0 spiro atoms. The molecule has 0 atom stereocenters. The Morgan fingerprint density at radius 1 is 1.37 bits per heavy atom. The molecule has 1 heterocycles. The molecule has 0 radical (unpaired) electrons. The Hall–Kier alpha value is -1.95. The first-order valence-corrected chi connectivity index (χ1v) is 6.36. The minimum atomic E-state index is -0.447. The summed E-state index contributed by atoms with van der Waals surface area (Å²) in [4.78, 5) is 22.1. The number of aryl methyl sites for hydroxylation is 1. The van der Waals surface area contributed by atoms with Gasteiger partial charge in [-0.2, -0.15) is 0 Å². The molecular formula is C13H11BrN2O3. The largest absolute Gasteiger partial charge is 0.310 e. The highest BCUT2D eigenvalue weighted by Gasteiger charge is 2.07. The molecule has 19 heavy (non-hydrogen) atoms. The van der Waals surface area contributed by atoms with Gasteiger partial charge in [-0.05, 0) is 34.0 Å². The predicted octanol–water partition coefficient (Wildman–Crippen LogP) is 2.88. The van der Waals surface area contributed by atoms with Crippen LogP contribution in [0.25, 0.3) is 0 Å². The van der Waals surface area contributed by atoms with Crippen molar-refractivity contribution in [1.82, 2.24) is 4.57 Å². The Kier molecular flexibility index (Phi) is 3.80. The quantitative estimate of drug-likeness (QED) is 0.644. The summed E-state index contributed by atoms with van der Waals surface area (Å²) in [6, 6.07) is 7.80. The van der Waals surface area contributed by atoms with E-state index in [0.29, 0.717) is 12.1 Å². The molecule has 0 N–H and O–H groups in total. The lowest BCUT2D eigenvalue weighted by molar-refractivity contribution is -0.384. The molecule has 0 saturated carbocycles. The second-order valence-corrected chi connectivity index (χ2v) is 5.05. The van der Waals surface area contributed by atoms with Gasteiger partial charge < -0.3 is 4.57 Å². The molecule has 0 unspecified atom stereocenters. The molecule has 0 amide bonds. The molecule has 1 aromatic carbocycles. The monoisotopic (exact) mass is 322 g/mol. The number of nitrogens with zero attached hydrogens (tertiary/aromatic N) is 2. The van der Waals surface area contributed by atoms with Crippen LogP contribution in [0.15, 0.2) is 45.8 Å². The fourth-order valence-corrected chi connectivity index (χ4v) is 2.09. The van der Waals surface area contributed by atoms with Crippen LogP contribution in [-0.4, -0.2) is 9.49 Å². The molecular weight excluding hydrogens is 312 g/mol.